The maximum absolute atomic E-state index is 6.61. The Morgan fingerprint density at radius 3 is 2.00 bits per heavy atom. The number of benzene rings is 6. The molecule has 5 nitrogen and oxygen atoms in total. The van der Waals surface area contributed by atoms with Crippen LogP contribution in [-0.2, 0) is 0 Å². The van der Waals surface area contributed by atoms with E-state index in [1.54, 1.807) is 0 Å². The fourth-order valence-corrected chi connectivity index (χ4v) is 7.42. The van der Waals surface area contributed by atoms with Gasteiger partial charge in [-0.05, 0) is 82.7 Å². The van der Waals surface area contributed by atoms with Gasteiger partial charge in [0, 0.05) is 55.8 Å². The number of nitrogens with zero attached hydrogens (tertiary/aromatic N) is 2. The highest BCUT2D eigenvalue weighted by atomic mass is 16.3. The molecule has 0 saturated carbocycles. The van der Waals surface area contributed by atoms with Gasteiger partial charge in [0.1, 0.15) is 33.5 Å². The first-order chi connectivity index (χ1) is 24.3. The summed E-state index contributed by atoms with van der Waals surface area (Å²) >= 11 is 0. The SMILES string of the molecule is c1ccc(-c2ccc3c(c2)oc2c(-c4ccc5oc6ccc(-c7nccc8c7oc7c9ccccc9ccc87)cc6c5c4)ccnc23)cc1. The van der Waals surface area contributed by atoms with Crippen molar-refractivity contribution in [1.29, 1.82) is 0 Å². The second-order valence-corrected chi connectivity index (χ2v) is 12.5. The van der Waals surface area contributed by atoms with Gasteiger partial charge >= 0.3 is 0 Å². The highest BCUT2D eigenvalue weighted by Crippen LogP contribution is 2.41. The van der Waals surface area contributed by atoms with Gasteiger partial charge in [0.2, 0.25) is 0 Å². The van der Waals surface area contributed by atoms with E-state index in [1.807, 2.05) is 60.9 Å². The molecule has 0 N–H and O–H groups in total. The first-order valence-corrected chi connectivity index (χ1v) is 16.3. The lowest BCUT2D eigenvalue weighted by Crippen LogP contribution is -1.84. The molecule has 0 amide bonds. The van der Waals surface area contributed by atoms with Crippen molar-refractivity contribution in [2.45, 2.75) is 0 Å². The van der Waals surface area contributed by atoms with E-state index in [1.165, 1.54) is 0 Å². The quantitative estimate of drug-likeness (QED) is 0.195. The molecule has 0 fully saturated rings. The van der Waals surface area contributed by atoms with Crippen molar-refractivity contribution in [2.24, 2.45) is 0 Å². The molecule has 11 aromatic rings. The highest BCUT2D eigenvalue weighted by Gasteiger charge is 2.19. The van der Waals surface area contributed by atoms with Gasteiger partial charge in [-0.3, -0.25) is 9.97 Å². The van der Waals surface area contributed by atoms with Gasteiger partial charge in [0.15, 0.2) is 11.2 Å². The third-order valence-electron chi connectivity index (χ3n) is 9.79. The highest BCUT2D eigenvalue weighted by molar-refractivity contribution is 6.17. The molecular formula is C44H24N2O3. The number of furan rings is 3. The van der Waals surface area contributed by atoms with Crippen molar-refractivity contribution < 1.29 is 13.3 Å². The average Bonchev–Trinajstić information content (AvgIpc) is 3.85. The molecule has 6 aromatic carbocycles. The zero-order valence-corrected chi connectivity index (χ0v) is 26.0. The summed E-state index contributed by atoms with van der Waals surface area (Å²) in [7, 11) is 0. The number of hydrogen-bond donors (Lipinski definition) is 0. The van der Waals surface area contributed by atoms with Crippen molar-refractivity contribution in [3.05, 3.63) is 146 Å². The van der Waals surface area contributed by atoms with Gasteiger partial charge in [-0.1, -0.05) is 72.8 Å². The summed E-state index contributed by atoms with van der Waals surface area (Å²) in [4.78, 5) is 9.56. The molecule has 0 aliphatic carbocycles. The van der Waals surface area contributed by atoms with Crippen LogP contribution >= 0.6 is 0 Å². The lowest BCUT2D eigenvalue weighted by Gasteiger charge is -2.03. The van der Waals surface area contributed by atoms with Crippen LogP contribution in [0.1, 0.15) is 0 Å². The van der Waals surface area contributed by atoms with Gasteiger partial charge < -0.3 is 13.3 Å². The van der Waals surface area contributed by atoms with Crippen molar-refractivity contribution >= 4 is 76.7 Å². The summed E-state index contributed by atoms with van der Waals surface area (Å²) in [5.74, 6) is 0. The number of rotatable bonds is 3. The van der Waals surface area contributed by atoms with Crippen LogP contribution in [0.15, 0.2) is 159 Å². The molecule has 0 aliphatic heterocycles. The summed E-state index contributed by atoms with van der Waals surface area (Å²) < 4.78 is 19.5. The standard InChI is InChI=1S/C44H24N2O3/c1-2-6-25(7-3-1)27-11-15-34-39(24-27)48-43-31(18-20-46-41(34)43)28-12-16-37-35(22-28)36-23-29(13-17-38(36)47-37)40-44-33(19-21-45-40)32-14-10-26-8-4-5-9-30(26)42(32)49-44/h1-24H. The van der Waals surface area contributed by atoms with Crippen LogP contribution in [0.2, 0.25) is 0 Å². The topological polar surface area (TPSA) is 65.2 Å². The number of fused-ring (bicyclic) bond motifs is 11. The molecule has 11 rings (SSSR count). The molecule has 5 aromatic heterocycles. The normalized spacial score (nSPS) is 12.1. The molecule has 0 unspecified atom stereocenters. The van der Waals surface area contributed by atoms with Crippen LogP contribution in [0.4, 0.5) is 0 Å². The van der Waals surface area contributed by atoms with Crippen LogP contribution in [0.25, 0.3) is 110 Å². The van der Waals surface area contributed by atoms with Gasteiger partial charge in [0.25, 0.3) is 0 Å². The lowest BCUT2D eigenvalue weighted by molar-refractivity contribution is 0.668. The summed E-state index contributed by atoms with van der Waals surface area (Å²) in [6.45, 7) is 0. The van der Waals surface area contributed by atoms with E-state index in [4.69, 9.17) is 23.2 Å². The van der Waals surface area contributed by atoms with E-state index < -0.39 is 0 Å². The van der Waals surface area contributed by atoms with Crippen molar-refractivity contribution in [2.75, 3.05) is 0 Å². The average molecular weight is 629 g/mol. The fraction of sp³-hybridized carbons (Fsp3) is 0. The van der Waals surface area contributed by atoms with E-state index in [-0.39, 0.29) is 0 Å². The Morgan fingerprint density at radius 1 is 0.367 bits per heavy atom. The van der Waals surface area contributed by atoms with Gasteiger partial charge in [0.05, 0.1) is 0 Å². The third kappa shape index (κ3) is 3.87. The first kappa shape index (κ1) is 26.4. The zero-order valence-electron chi connectivity index (χ0n) is 26.0. The Bertz CT molecular complexity index is 3110. The van der Waals surface area contributed by atoms with Gasteiger partial charge in [-0.25, -0.2) is 0 Å². The van der Waals surface area contributed by atoms with Crippen LogP contribution in [0, 0.1) is 0 Å². The number of hydrogen-bond acceptors (Lipinski definition) is 5. The predicted molar refractivity (Wildman–Crippen MR) is 198 cm³/mol. The Morgan fingerprint density at radius 2 is 1.10 bits per heavy atom. The maximum Gasteiger partial charge on any atom is 0.161 e. The minimum Gasteiger partial charge on any atom is -0.456 e. The van der Waals surface area contributed by atoms with Crippen LogP contribution < -0.4 is 0 Å². The smallest absolute Gasteiger partial charge is 0.161 e. The summed E-state index contributed by atoms with van der Waals surface area (Å²) in [5, 5.41) is 7.41. The number of aromatic nitrogens is 2. The molecule has 0 spiro atoms. The molecule has 228 valence electrons. The van der Waals surface area contributed by atoms with Crippen molar-refractivity contribution in [3.63, 3.8) is 0 Å². The molecule has 0 bridgehead atoms. The molecule has 5 heterocycles. The molecule has 5 heteroatoms. The Kier molecular flexibility index (Phi) is 5.32. The lowest BCUT2D eigenvalue weighted by atomic mass is 10.0. The Hall–Kier alpha value is -6.72. The van der Waals surface area contributed by atoms with Crippen LogP contribution in [0.5, 0.6) is 0 Å². The van der Waals surface area contributed by atoms with Crippen LogP contribution in [0.3, 0.4) is 0 Å². The molecule has 0 aliphatic rings. The molecule has 0 saturated heterocycles. The monoisotopic (exact) mass is 628 g/mol. The number of pyridine rings is 2. The Balaban J connectivity index is 1.07. The zero-order chi connectivity index (χ0) is 32.1. The summed E-state index contributed by atoms with van der Waals surface area (Å²) in [5.41, 5.74) is 11.8. The van der Waals surface area contributed by atoms with Gasteiger partial charge in [-0.2, -0.15) is 0 Å². The first-order valence-electron chi connectivity index (χ1n) is 16.3. The fourth-order valence-electron chi connectivity index (χ4n) is 7.42. The third-order valence-corrected chi connectivity index (χ3v) is 9.79. The second kappa shape index (κ2) is 9.89. The van der Waals surface area contributed by atoms with E-state index >= 15 is 0 Å². The summed E-state index contributed by atoms with van der Waals surface area (Å²) in [6.07, 6.45) is 3.72. The summed E-state index contributed by atoms with van der Waals surface area (Å²) in [6, 6.07) is 45.9. The minimum absolute atomic E-state index is 0.767. The second-order valence-electron chi connectivity index (χ2n) is 12.5. The largest absolute Gasteiger partial charge is 0.456 e. The predicted octanol–water partition coefficient (Wildman–Crippen LogP) is 12.3. The van der Waals surface area contributed by atoms with E-state index in [0.29, 0.717) is 0 Å². The Labute approximate surface area is 278 Å². The maximum atomic E-state index is 6.61. The molecular weight excluding hydrogens is 604 g/mol. The van der Waals surface area contributed by atoms with E-state index in [0.717, 1.165) is 110 Å². The molecule has 0 radical (unpaired) electrons. The van der Waals surface area contributed by atoms with E-state index in [2.05, 4.69) is 84.9 Å². The van der Waals surface area contributed by atoms with Gasteiger partial charge in [-0.15, -0.1) is 0 Å². The molecule has 49 heavy (non-hydrogen) atoms. The van der Waals surface area contributed by atoms with Crippen molar-refractivity contribution in [1.82, 2.24) is 9.97 Å². The van der Waals surface area contributed by atoms with Crippen molar-refractivity contribution in [3.8, 4) is 33.5 Å². The van der Waals surface area contributed by atoms with E-state index in [9.17, 15) is 0 Å². The minimum atomic E-state index is 0.767. The molecule has 0 atom stereocenters. The van der Waals surface area contributed by atoms with Crippen LogP contribution in [-0.4, -0.2) is 9.97 Å².